The van der Waals surface area contributed by atoms with Gasteiger partial charge in [0.2, 0.25) is 10.0 Å². The summed E-state index contributed by atoms with van der Waals surface area (Å²) in [6, 6.07) is 18.7. The molecule has 0 aliphatic heterocycles. The fourth-order valence-corrected chi connectivity index (χ4v) is 2.95. The van der Waals surface area contributed by atoms with Crippen molar-refractivity contribution < 1.29 is 8.42 Å². The Morgan fingerprint density at radius 3 is 2.18 bits per heavy atom. The second-order valence-electron chi connectivity index (χ2n) is 5.18. The van der Waals surface area contributed by atoms with Crippen molar-refractivity contribution in [3.05, 3.63) is 72.4 Å². The van der Waals surface area contributed by atoms with Gasteiger partial charge in [-0.25, -0.2) is 13.6 Å². The molecule has 1 aromatic heterocycles. The number of nitrogens with two attached hydrogens (primary N) is 1. The normalized spacial score (nSPS) is 11.5. The molecule has 5 heteroatoms. The average molecular weight is 312 g/mol. The minimum Gasteiger partial charge on any atom is -0.316 e. The molecule has 0 radical (unpaired) electrons. The molecule has 0 atom stereocenters. The van der Waals surface area contributed by atoms with E-state index in [4.69, 9.17) is 5.14 Å². The summed E-state index contributed by atoms with van der Waals surface area (Å²) in [5.41, 5.74) is 4.13. The predicted molar refractivity (Wildman–Crippen MR) is 87.3 cm³/mol. The minimum atomic E-state index is -3.67. The van der Waals surface area contributed by atoms with Gasteiger partial charge in [-0.1, -0.05) is 30.3 Å². The lowest BCUT2D eigenvalue weighted by Crippen LogP contribution is -2.11. The van der Waals surface area contributed by atoms with Crippen molar-refractivity contribution in [1.29, 1.82) is 0 Å². The molecule has 3 aromatic rings. The third kappa shape index (κ3) is 2.81. The van der Waals surface area contributed by atoms with Crippen LogP contribution in [0, 0.1) is 6.92 Å². The number of para-hydroxylation sites is 1. The molecular formula is C17H16N2O2S. The van der Waals surface area contributed by atoms with Crippen molar-refractivity contribution >= 4 is 10.0 Å². The monoisotopic (exact) mass is 312 g/mol. The summed E-state index contributed by atoms with van der Waals surface area (Å²) >= 11 is 0. The van der Waals surface area contributed by atoms with E-state index in [2.05, 4.69) is 16.8 Å². The first-order chi connectivity index (χ1) is 10.4. The SMILES string of the molecule is Cc1cc(-c2ccc(S(N)(=O)=O)cc2)n(-c2ccccc2)c1. The maximum Gasteiger partial charge on any atom is 0.238 e. The number of hydrogen-bond acceptors (Lipinski definition) is 2. The van der Waals surface area contributed by atoms with Gasteiger partial charge in [-0.2, -0.15) is 0 Å². The van der Waals surface area contributed by atoms with E-state index in [1.54, 1.807) is 12.1 Å². The van der Waals surface area contributed by atoms with Gasteiger partial charge in [0.05, 0.1) is 10.6 Å². The van der Waals surface area contributed by atoms with E-state index in [-0.39, 0.29) is 4.90 Å². The van der Waals surface area contributed by atoms with Gasteiger partial charge in [0.15, 0.2) is 0 Å². The van der Waals surface area contributed by atoms with Crippen LogP contribution in [0.4, 0.5) is 0 Å². The maximum atomic E-state index is 11.3. The Hall–Kier alpha value is -2.37. The smallest absolute Gasteiger partial charge is 0.238 e. The summed E-state index contributed by atoms with van der Waals surface area (Å²) < 4.78 is 24.8. The van der Waals surface area contributed by atoms with Crippen LogP contribution in [0.5, 0.6) is 0 Å². The van der Waals surface area contributed by atoms with Crippen LogP contribution < -0.4 is 5.14 Å². The van der Waals surface area contributed by atoms with Gasteiger partial charge in [0, 0.05) is 11.9 Å². The first-order valence-electron chi connectivity index (χ1n) is 6.83. The molecule has 0 spiro atoms. The fraction of sp³-hybridized carbons (Fsp3) is 0.0588. The van der Waals surface area contributed by atoms with Crippen LogP contribution in [-0.2, 0) is 10.0 Å². The van der Waals surface area contributed by atoms with E-state index in [9.17, 15) is 8.42 Å². The second kappa shape index (κ2) is 5.44. The number of hydrogen-bond donors (Lipinski definition) is 1. The van der Waals surface area contributed by atoms with Crippen molar-refractivity contribution in [2.45, 2.75) is 11.8 Å². The largest absolute Gasteiger partial charge is 0.316 e. The summed E-state index contributed by atoms with van der Waals surface area (Å²) in [6.45, 7) is 2.03. The third-order valence-corrected chi connectivity index (χ3v) is 4.40. The van der Waals surface area contributed by atoms with Crippen LogP contribution in [0.25, 0.3) is 16.9 Å². The number of nitrogens with zero attached hydrogens (tertiary/aromatic N) is 1. The number of benzene rings is 2. The van der Waals surface area contributed by atoms with E-state index in [0.29, 0.717) is 0 Å². The van der Waals surface area contributed by atoms with Crippen LogP contribution in [0.3, 0.4) is 0 Å². The lowest BCUT2D eigenvalue weighted by Gasteiger charge is -2.09. The molecule has 2 aromatic carbocycles. The van der Waals surface area contributed by atoms with Crippen LogP contribution in [0.2, 0.25) is 0 Å². The Bertz CT molecular complexity index is 896. The van der Waals surface area contributed by atoms with Gasteiger partial charge >= 0.3 is 0 Å². The summed E-state index contributed by atoms with van der Waals surface area (Å²) in [6.07, 6.45) is 2.05. The molecule has 2 N–H and O–H groups in total. The van der Waals surface area contributed by atoms with E-state index < -0.39 is 10.0 Å². The highest BCUT2D eigenvalue weighted by atomic mass is 32.2. The number of aryl methyl sites for hydroxylation is 1. The Morgan fingerprint density at radius 2 is 1.59 bits per heavy atom. The first-order valence-corrected chi connectivity index (χ1v) is 8.37. The van der Waals surface area contributed by atoms with E-state index in [1.165, 1.54) is 12.1 Å². The van der Waals surface area contributed by atoms with Gasteiger partial charge in [0.1, 0.15) is 0 Å². The summed E-state index contributed by atoms with van der Waals surface area (Å²) in [7, 11) is -3.67. The molecule has 4 nitrogen and oxygen atoms in total. The predicted octanol–water partition coefficient (Wildman–Crippen LogP) is 3.10. The average Bonchev–Trinajstić information content (AvgIpc) is 2.89. The zero-order valence-corrected chi connectivity index (χ0v) is 12.9. The van der Waals surface area contributed by atoms with Crippen LogP contribution in [0.15, 0.2) is 71.8 Å². The molecule has 0 amide bonds. The number of sulfonamides is 1. The van der Waals surface area contributed by atoms with Crippen molar-refractivity contribution in [1.82, 2.24) is 4.57 Å². The van der Waals surface area contributed by atoms with Gasteiger partial charge in [-0.3, -0.25) is 0 Å². The molecule has 0 saturated carbocycles. The van der Waals surface area contributed by atoms with E-state index in [0.717, 1.165) is 22.5 Å². The number of primary sulfonamides is 1. The molecule has 1 heterocycles. The fourth-order valence-electron chi connectivity index (χ4n) is 2.44. The lowest BCUT2D eigenvalue weighted by atomic mass is 10.1. The molecule has 0 unspecified atom stereocenters. The van der Waals surface area contributed by atoms with Crippen LogP contribution in [0.1, 0.15) is 5.56 Å². The summed E-state index contributed by atoms with van der Waals surface area (Å²) in [4.78, 5) is 0.116. The molecule has 22 heavy (non-hydrogen) atoms. The first kappa shape index (κ1) is 14.6. The zero-order chi connectivity index (χ0) is 15.7. The topological polar surface area (TPSA) is 65.1 Å². The molecular weight excluding hydrogens is 296 g/mol. The van der Waals surface area contributed by atoms with Gasteiger partial charge in [-0.05, 0) is 48.4 Å². The molecule has 0 saturated heterocycles. The Morgan fingerprint density at radius 1 is 0.955 bits per heavy atom. The molecule has 0 aliphatic carbocycles. The van der Waals surface area contributed by atoms with Crippen LogP contribution >= 0.6 is 0 Å². The van der Waals surface area contributed by atoms with E-state index in [1.807, 2.05) is 37.3 Å². The standard InChI is InChI=1S/C17H16N2O2S/c1-13-11-17(19(12-13)15-5-3-2-4-6-15)14-7-9-16(10-8-14)22(18,20)21/h2-12H,1H3,(H2,18,20,21). The third-order valence-electron chi connectivity index (χ3n) is 3.47. The minimum absolute atomic E-state index is 0.116. The Balaban J connectivity index is 2.10. The molecule has 0 aliphatic rings. The highest BCUT2D eigenvalue weighted by Crippen LogP contribution is 2.26. The molecule has 0 bridgehead atoms. The van der Waals surface area contributed by atoms with Gasteiger partial charge in [0.25, 0.3) is 0 Å². The van der Waals surface area contributed by atoms with E-state index >= 15 is 0 Å². The molecule has 112 valence electrons. The van der Waals surface area contributed by atoms with Crippen molar-refractivity contribution in [3.8, 4) is 16.9 Å². The number of aromatic nitrogens is 1. The maximum absolute atomic E-state index is 11.3. The van der Waals surface area contributed by atoms with Gasteiger partial charge in [-0.15, -0.1) is 0 Å². The van der Waals surface area contributed by atoms with Crippen molar-refractivity contribution in [2.75, 3.05) is 0 Å². The zero-order valence-electron chi connectivity index (χ0n) is 12.1. The highest BCUT2D eigenvalue weighted by molar-refractivity contribution is 7.89. The number of rotatable bonds is 3. The summed E-state index contributed by atoms with van der Waals surface area (Å²) in [5, 5.41) is 5.14. The lowest BCUT2D eigenvalue weighted by molar-refractivity contribution is 0.598. The van der Waals surface area contributed by atoms with Crippen LogP contribution in [-0.4, -0.2) is 13.0 Å². The van der Waals surface area contributed by atoms with Crippen molar-refractivity contribution in [3.63, 3.8) is 0 Å². The Kier molecular flexibility index (Phi) is 3.60. The molecule has 3 rings (SSSR count). The quantitative estimate of drug-likeness (QED) is 0.807. The second-order valence-corrected chi connectivity index (χ2v) is 6.74. The summed E-state index contributed by atoms with van der Waals surface area (Å²) in [5.74, 6) is 0. The van der Waals surface area contributed by atoms with Gasteiger partial charge < -0.3 is 4.57 Å². The highest BCUT2D eigenvalue weighted by Gasteiger charge is 2.11. The Labute approximate surface area is 129 Å². The van der Waals surface area contributed by atoms with Crippen molar-refractivity contribution in [2.24, 2.45) is 5.14 Å². The molecule has 0 fully saturated rings.